The SMILES string of the molecule is [2H]C([2H])([2H])C([2H])([2H])C(=O)Nc1ccccc1. The second kappa shape index (κ2) is 3.76. The standard InChI is InChI=1S/C9H11NO/c1-2-9(11)10-8-6-4-3-5-7-8/h3-7H,2H2,1H3,(H,10,11)/i1D3,2D2. The van der Waals surface area contributed by atoms with Crippen molar-refractivity contribution in [3.8, 4) is 0 Å². The van der Waals surface area contributed by atoms with Crippen molar-refractivity contribution in [2.24, 2.45) is 0 Å². The van der Waals surface area contributed by atoms with Crippen LogP contribution in [0.2, 0.25) is 0 Å². The molecule has 1 aromatic carbocycles. The van der Waals surface area contributed by atoms with E-state index >= 15 is 0 Å². The fourth-order valence-electron chi connectivity index (χ4n) is 0.684. The van der Waals surface area contributed by atoms with Gasteiger partial charge in [0.25, 0.3) is 0 Å². The van der Waals surface area contributed by atoms with Gasteiger partial charge in [-0.1, -0.05) is 25.1 Å². The maximum Gasteiger partial charge on any atom is 0.224 e. The molecule has 0 unspecified atom stereocenters. The van der Waals surface area contributed by atoms with E-state index in [0.717, 1.165) is 0 Å². The van der Waals surface area contributed by atoms with Gasteiger partial charge in [-0.25, -0.2) is 0 Å². The van der Waals surface area contributed by atoms with Gasteiger partial charge in [-0.05, 0) is 12.1 Å². The molecule has 0 saturated heterocycles. The quantitative estimate of drug-likeness (QED) is 0.693. The molecule has 0 aromatic heterocycles. The molecular formula is C9H11NO. The van der Waals surface area contributed by atoms with Crippen molar-refractivity contribution < 1.29 is 11.6 Å². The lowest BCUT2D eigenvalue weighted by molar-refractivity contribution is -0.115. The molecule has 0 heterocycles. The van der Waals surface area contributed by atoms with Gasteiger partial charge in [-0.15, -0.1) is 0 Å². The zero-order chi connectivity index (χ0) is 12.4. The molecule has 0 spiro atoms. The predicted molar refractivity (Wildman–Crippen MR) is 45.4 cm³/mol. The highest BCUT2D eigenvalue weighted by Crippen LogP contribution is 2.04. The highest BCUT2D eigenvalue weighted by molar-refractivity contribution is 5.90. The summed E-state index contributed by atoms with van der Waals surface area (Å²) in [5, 5.41) is 2.21. The number of hydrogen-bond donors (Lipinski definition) is 1. The molecule has 0 fully saturated rings. The number of para-hydroxylation sites is 1. The minimum Gasteiger partial charge on any atom is -0.326 e. The zero-order valence-corrected chi connectivity index (χ0v) is 5.79. The van der Waals surface area contributed by atoms with Crippen molar-refractivity contribution in [3.05, 3.63) is 30.3 Å². The van der Waals surface area contributed by atoms with Crippen LogP contribution in [0, 0.1) is 0 Å². The van der Waals surface area contributed by atoms with Gasteiger partial charge in [-0.2, -0.15) is 0 Å². The van der Waals surface area contributed by atoms with E-state index in [0.29, 0.717) is 5.69 Å². The van der Waals surface area contributed by atoms with Crippen molar-refractivity contribution in [1.82, 2.24) is 0 Å². The smallest absolute Gasteiger partial charge is 0.224 e. The van der Waals surface area contributed by atoms with Gasteiger partial charge in [0.05, 0.1) is 0 Å². The lowest BCUT2D eigenvalue weighted by atomic mass is 10.3. The first-order valence-electron chi connectivity index (χ1n) is 5.61. The fourth-order valence-corrected chi connectivity index (χ4v) is 0.684. The molecule has 1 amide bonds. The number of rotatable bonds is 2. The molecule has 0 atom stereocenters. The summed E-state index contributed by atoms with van der Waals surface area (Å²) in [6, 6.07) is 8.14. The average molecular weight is 154 g/mol. The lowest BCUT2D eigenvalue weighted by Crippen LogP contribution is -2.08. The monoisotopic (exact) mass is 154 g/mol. The molecular weight excluding hydrogens is 138 g/mol. The number of carbonyl (C=O) groups excluding carboxylic acids is 1. The predicted octanol–water partition coefficient (Wildman–Crippen LogP) is 2.04. The second-order valence-corrected chi connectivity index (χ2v) is 1.95. The van der Waals surface area contributed by atoms with Gasteiger partial charge in [0.2, 0.25) is 5.91 Å². The van der Waals surface area contributed by atoms with E-state index in [1.54, 1.807) is 30.3 Å². The highest BCUT2D eigenvalue weighted by atomic mass is 16.1. The maximum atomic E-state index is 11.4. The molecule has 1 aromatic rings. The number of carbonyl (C=O) groups is 1. The summed E-state index contributed by atoms with van der Waals surface area (Å²) in [7, 11) is 0. The molecule has 0 aliphatic rings. The number of anilines is 1. The van der Waals surface area contributed by atoms with E-state index in [-0.39, 0.29) is 0 Å². The third kappa shape index (κ3) is 2.42. The molecule has 0 saturated carbocycles. The average Bonchev–Trinajstić information content (AvgIpc) is 2.17. The highest BCUT2D eigenvalue weighted by Gasteiger charge is 1.95. The normalized spacial score (nSPS) is 18.4. The first-order chi connectivity index (χ1) is 7.25. The molecule has 58 valence electrons. The largest absolute Gasteiger partial charge is 0.326 e. The fraction of sp³-hybridized carbons (Fsp3) is 0.222. The topological polar surface area (TPSA) is 29.1 Å². The summed E-state index contributed by atoms with van der Waals surface area (Å²) in [4.78, 5) is 11.4. The van der Waals surface area contributed by atoms with Crippen molar-refractivity contribution >= 4 is 11.6 Å². The molecule has 0 aliphatic carbocycles. The van der Waals surface area contributed by atoms with Crippen molar-refractivity contribution in [1.29, 1.82) is 0 Å². The van der Waals surface area contributed by atoms with Crippen LogP contribution in [-0.4, -0.2) is 5.91 Å². The number of nitrogens with one attached hydrogen (secondary N) is 1. The Hall–Kier alpha value is -1.31. The third-order valence-electron chi connectivity index (χ3n) is 1.15. The van der Waals surface area contributed by atoms with Crippen LogP contribution < -0.4 is 5.32 Å². The molecule has 11 heavy (non-hydrogen) atoms. The number of benzene rings is 1. The van der Waals surface area contributed by atoms with Crippen molar-refractivity contribution in [2.75, 3.05) is 5.32 Å². The molecule has 0 radical (unpaired) electrons. The Morgan fingerprint density at radius 2 is 2.36 bits per heavy atom. The van der Waals surface area contributed by atoms with Crippen LogP contribution in [0.4, 0.5) is 5.69 Å². The first-order valence-corrected chi connectivity index (χ1v) is 3.11. The van der Waals surface area contributed by atoms with Crippen LogP contribution in [0.3, 0.4) is 0 Å². The first kappa shape index (κ1) is 3.39. The van der Waals surface area contributed by atoms with Gasteiger partial charge in [0.1, 0.15) is 0 Å². The molecule has 0 bridgehead atoms. The Kier molecular flexibility index (Phi) is 1.16. The Morgan fingerprint density at radius 1 is 1.64 bits per heavy atom. The zero-order valence-electron chi connectivity index (χ0n) is 10.8. The summed E-state index contributed by atoms with van der Waals surface area (Å²) in [5.41, 5.74) is 0.362. The number of amides is 1. The van der Waals surface area contributed by atoms with Crippen molar-refractivity contribution in [2.45, 2.75) is 13.2 Å². The molecule has 1 N–H and O–H groups in total. The molecule has 2 heteroatoms. The van der Waals surface area contributed by atoms with E-state index in [1.165, 1.54) is 0 Å². The van der Waals surface area contributed by atoms with Gasteiger partial charge in [0.15, 0.2) is 0 Å². The molecule has 0 aliphatic heterocycles. The van der Waals surface area contributed by atoms with E-state index in [4.69, 9.17) is 6.85 Å². The maximum absolute atomic E-state index is 11.4. The van der Waals surface area contributed by atoms with Gasteiger partial charge in [-0.3, -0.25) is 4.79 Å². The Balaban J connectivity index is 2.81. The van der Waals surface area contributed by atoms with Crippen LogP contribution in [-0.2, 0) is 4.79 Å². The summed E-state index contributed by atoms with van der Waals surface area (Å²) in [6.07, 6.45) is -2.90. The summed E-state index contributed by atoms with van der Waals surface area (Å²) in [6.45, 7) is -2.98. The van der Waals surface area contributed by atoms with Crippen LogP contribution in [0.25, 0.3) is 0 Å². The van der Waals surface area contributed by atoms with Gasteiger partial charge >= 0.3 is 0 Å². The number of hydrogen-bond acceptors (Lipinski definition) is 1. The van der Waals surface area contributed by atoms with E-state index in [2.05, 4.69) is 5.32 Å². The Bertz CT molecular complexity index is 373. The lowest BCUT2D eigenvalue weighted by Gasteiger charge is -2.00. The summed E-state index contributed by atoms with van der Waals surface area (Å²) in [5.74, 6) is -1.17. The van der Waals surface area contributed by atoms with Gasteiger partial charge < -0.3 is 5.32 Å². The van der Waals surface area contributed by atoms with E-state index < -0.39 is 19.1 Å². The Labute approximate surface area is 73.3 Å². The van der Waals surface area contributed by atoms with E-state index in [1.807, 2.05) is 0 Å². The Morgan fingerprint density at radius 3 is 3.00 bits per heavy atom. The van der Waals surface area contributed by atoms with Crippen LogP contribution in [0.5, 0.6) is 0 Å². The minimum atomic E-state index is -2.98. The van der Waals surface area contributed by atoms with Crippen LogP contribution in [0.1, 0.15) is 20.1 Å². The van der Waals surface area contributed by atoms with Crippen LogP contribution >= 0.6 is 0 Å². The summed E-state index contributed by atoms with van der Waals surface area (Å²) >= 11 is 0. The minimum absolute atomic E-state index is 0.362. The van der Waals surface area contributed by atoms with E-state index in [9.17, 15) is 4.79 Å². The molecule has 2 nitrogen and oxygen atoms in total. The second-order valence-electron chi connectivity index (χ2n) is 1.95. The third-order valence-corrected chi connectivity index (χ3v) is 1.15. The van der Waals surface area contributed by atoms with Crippen LogP contribution in [0.15, 0.2) is 30.3 Å². The molecule has 1 rings (SSSR count). The van der Waals surface area contributed by atoms with Crippen molar-refractivity contribution in [3.63, 3.8) is 0 Å². The van der Waals surface area contributed by atoms with Gasteiger partial charge in [0, 0.05) is 18.9 Å². The summed E-state index contributed by atoms with van der Waals surface area (Å²) < 4.78 is 35.2.